The van der Waals surface area contributed by atoms with Gasteiger partial charge in [0, 0.05) is 36.8 Å². The van der Waals surface area contributed by atoms with Gasteiger partial charge in [-0.1, -0.05) is 42.5 Å². The summed E-state index contributed by atoms with van der Waals surface area (Å²) in [5.41, 5.74) is 8.02. The van der Waals surface area contributed by atoms with E-state index in [1.807, 2.05) is 48.5 Å². The molecule has 1 heterocycles. The van der Waals surface area contributed by atoms with E-state index in [0.717, 1.165) is 43.7 Å². The number of likely N-dealkylation sites (tertiary alicyclic amines) is 1. The van der Waals surface area contributed by atoms with Crippen LogP contribution in [0.2, 0.25) is 0 Å². The first-order chi connectivity index (χ1) is 13.6. The molecule has 6 heteroatoms. The van der Waals surface area contributed by atoms with E-state index in [9.17, 15) is 9.59 Å². The van der Waals surface area contributed by atoms with Crippen molar-refractivity contribution in [3.8, 4) is 0 Å². The topological polar surface area (TPSA) is 75.4 Å². The molecule has 0 bridgehead atoms. The highest BCUT2D eigenvalue weighted by Gasteiger charge is 2.41. The lowest BCUT2D eigenvalue weighted by Gasteiger charge is -2.42. The quantitative estimate of drug-likeness (QED) is 0.788. The van der Waals surface area contributed by atoms with Crippen molar-refractivity contribution in [2.24, 2.45) is 11.7 Å². The lowest BCUT2D eigenvalue weighted by molar-refractivity contribution is -0.123. The Labute approximate surface area is 178 Å². The van der Waals surface area contributed by atoms with Crippen LogP contribution in [0.3, 0.4) is 0 Å². The van der Waals surface area contributed by atoms with Crippen LogP contribution < -0.4 is 11.1 Å². The molecule has 29 heavy (non-hydrogen) atoms. The fourth-order valence-corrected chi connectivity index (χ4v) is 4.49. The summed E-state index contributed by atoms with van der Waals surface area (Å²) in [6.45, 7) is 2.27. The molecule has 1 unspecified atom stereocenters. The Balaban J connectivity index is 0.00000240. The number of carbonyl (C=O) groups excluding carboxylic acids is 2. The molecule has 5 nitrogen and oxygen atoms in total. The number of ketones is 1. The van der Waals surface area contributed by atoms with Crippen molar-refractivity contribution in [2.45, 2.75) is 31.2 Å². The lowest BCUT2D eigenvalue weighted by atomic mass is 9.81. The second-order valence-corrected chi connectivity index (χ2v) is 7.99. The zero-order valence-corrected chi connectivity index (χ0v) is 17.3. The SMILES string of the molecule is Cl.NC(=O)C1(Nc2ccccc2)CCN(CC2CCc3ccccc3C2=O)CC1. The molecule has 1 amide bonds. The average molecular weight is 414 g/mol. The van der Waals surface area contributed by atoms with Gasteiger partial charge < -0.3 is 16.0 Å². The van der Waals surface area contributed by atoms with Crippen LogP contribution in [0.15, 0.2) is 54.6 Å². The number of Topliss-reactive ketones (excluding diaryl/α,β-unsaturated/α-hetero) is 1. The van der Waals surface area contributed by atoms with E-state index in [-0.39, 0.29) is 30.0 Å². The van der Waals surface area contributed by atoms with Gasteiger partial charge in [-0.3, -0.25) is 9.59 Å². The predicted molar refractivity (Wildman–Crippen MR) is 117 cm³/mol. The molecule has 0 radical (unpaired) electrons. The van der Waals surface area contributed by atoms with E-state index in [2.05, 4.69) is 16.3 Å². The number of anilines is 1. The molecular formula is C23H28ClN3O2. The Morgan fingerprint density at radius 3 is 2.41 bits per heavy atom. The van der Waals surface area contributed by atoms with Crippen molar-refractivity contribution in [1.82, 2.24) is 4.90 Å². The Morgan fingerprint density at radius 2 is 1.72 bits per heavy atom. The minimum Gasteiger partial charge on any atom is -0.371 e. The van der Waals surface area contributed by atoms with Crippen LogP contribution in [-0.2, 0) is 11.2 Å². The van der Waals surface area contributed by atoms with E-state index in [1.165, 1.54) is 5.56 Å². The van der Waals surface area contributed by atoms with Crippen LogP contribution in [0.25, 0.3) is 0 Å². The number of halogens is 1. The number of piperidine rings is 1. The minimum atomic E-state index is -0.721. The second kappa shape index (κ2) is 8.97. The average Bonchev–Trinajstić information content (AvgIpc) is 2.72. The largest absolute Gasteiger partial charge is 0.371 e. The van der Waals surface area contributed by atoms with Crippen molar-refractivity contribution in [2.75, 3.05) is 25.0 Å². The molecule has 3 N–H and O–H groups in total. The van der Waals surface area contributed by atoms with Crippen LogP contribution in [0.5, 0.6) is 0 Å². The number of primary amides is 1. The predicted octanol–water partition coefficient (Wildman–Crippen LogP) is 3.29. The molecule has 1 atom stereocenters. The summed E-state index contributed by atoms with van der Waals surface area (Å²) in [5.74, 6) is -0.00673. The first-order valence-electron chi connectivity index (χ1n) is 10.0. The van der Waals surface area contributed by atoms with Crippen molar-refractivity contribution in [3.63, 3.8) is 0 Å². The van der Waals surface area contributed by atoms with Crippen LogP contribution in [0, 0.1) is 5.92 Å². The number of benzene rings is 2. The van der Waals surface area contributed by atoms with Gasteiger partial charge in [0.1, 0.15) is 5.54 Å². The highest BCUT2D eigenvalue weighted by Crippen LogP contribution is 2.30. The maximum Gasteiger partial charge on any atom is 0.243 e. The number of nitrogens with two attached hydrogens (primary N) is 1. The smallest absolute Gasteiger partial charge is 0.243 e. The zero-order valence-electron chi connectivity index (χ0n) is 16.5. The number of rotatable bonds is 5. The first-order valence-corrected chi connectivity index (χ1v) is 10.0. The molecule has 2 aromatic rings. The summed E-state index contributed by atoms with van der Waals surface area (Å²) in [6.07, 6.45) is 3.15. The fraction of sp³-hybridized carbons (Fsp3) is 0.391. The van der Waals surface area contributed by atoms with Gasteiger partial charge in [0.05, 0.1) is 0 Å². The van der Waals surface area contributed by atoms with Crippen molar-refractivity contribution < 1.29 is 9.59 Å². The zero-order chi connectivity index (χ0) is 19.6. The highest BCUT2D eigenvalue weighted by molar-refractivity contribution is 6.00. The normalized spacial score (nSPS) is 21.0. The Hall–Kier alpha value is -2.37. The van der Waals surface area contributed by atoms with Crippen LogP contribution >= 0.6 is 12.4 Å². The number of nitrogens with zero attached hydrogens (tertiary/aromatic N) is 1. The van der Waals surface area contributed by atoms with E-state index >= 15 is 0 Å². The molecule has 2 aromatic carbocycles. The third-order valence-electron chi connectivity index (χ3n) is 6.23. The molecule has 154 valence electrons. The molecular weight excluding hydrogens is 386 g/mol. The lowest BCUT2D eigenvalue weighted by Crippen LogP contribution is -2.57. The summed E-state index contributed by atoms with van der Waals surface area (Å²) in [6, 6.07) is 17.7. The third kappa shape index (κ3) is 4.46. The molecule has 0 spiro atoms. The number of fused-ring (bicyclic) bond motifs is 1. The van der Waals surface area contributed by atoms with Crippen molar-refractivity contribution in [1.29, 1.82) is 0 Å². The molecule has 0 saturated carbocycles. The summed E-state index contributed by atoms with van der Waals surface area (Å²) in [4.78, 5) is 27.4. The van der Waals surface area contributed by atoms with Crippen molar-refractivity contribution >= 4 is 29.8 Å². The number of hydrogen-bond donors (Lipinski definition) is 2. The Kier molecular flexibility index (Phi) is 6.60. The van der Waals surface area contributed by atoms with Crippen LogP contribution in [-0.4, -0.2) is 41.8 Å². The van der Waals surface area contributed by atoms with Gasteiger partial charge in [0.25, 0.3) is 0 Å². The fourth-order valence-electron chi connectivity index (χ4n) is 4.49. The van der Waals surface area contributed by atoms with E-state index in [4.69, 9.17) is 5.73 Å². The molecule has 1 aliphatic heterocycles. The summed E-state index contributed by atoms with van der Waals surface area (Å²) in [5, 5.41) is 3.37. The van der Waals surface area contributed by atoms with Crippen molar-refractivity contribution in [3.05, 3.63) is 65.7 Å². The third-order valence-corrected chi connectivity index (χ3v) is 6.23. The number of amides is 1. The summed E-state index contributed by atoms with van der Waals surface area (Å²) < 4.78 is 0. The molecule has 2 aliphatic rings. The molecule has 1 fully saturated rings. The molecule has 4 rings (SSSR count). The van der Waals surface area contributed by atoms with Crippen LogP contribution in [0.1, 0.15) is 35.2 Å². The van der Waals surface area contributed by atoms with E-state index in [0.29, 0.717) is 12.8 Å². The van der Waals surface area contributed by atoms with E-state index in [1.54, 1.807) is 0 Å². The molecule has 1 aliphatic carbocycles. The number of para-hydroxylation sites is 1. The van der Waals surface area contributed by atoms with Gasteiger partial charge in [-0.2, -0.15) is 0 Å². The second-order valence-electron chi connectivity index (χ2n) is 7.99. The van der Waals surface area contributed by atoms with Crippen LogP contribution in [0.4, 0.5) is 5.69 Å². The van der Waals surface area contributed by atoms with Gasteiger partial charge in [-0.05, 0) is 43.4 Å². The Morgan fingerprint density at radius 1 is 1.07 bits per heavy atom. The monoisotopic (exact) mass is 413 g/mol. The van der Waals surface area contributed by atoms with Gasteiger partial charge >= 0.3 is 0 Å². The highest BCUT2D eigenvalue weighted by atomic mass is 35.5. The standard InChI is InChI=1S/C23H27N3O2.ClH/c24-22(28)23(25-19-7-2-1-3-8-19)12-14-26(15-13-23)16-18-11-10-17-6-4-5-9-20(17)21(18)27;/h1-9,18,25H,10-16H2,(H2,24,28);1H. The summed E-state index contributed by atoms with van der Waals surface area (Å²) in [7, 11) is 0. The molecule has 1 saturated heterocycles. The number of carbonyl (C=O) groups is 2. The minimum absolute atomic E-state index is 0. The number of nitrogens with one attached hydrogen (secondary N) is 1. The van der Waals surface area contributed by atoms with Gasteiger partial charge in [0.15, 0.2) is 5.78 Å². The maximum absolute atomic E-state index is 12.9. The maximum atomic E-state index is 12.9. The van der Waals surface area contributed by atoms with Gasteiger partial charge in [0.2, 0.25) is 5.91 Å². The summed E-state index contributed by atoms with van der Waals surface area (Å²) >= 11 is 0. The van der Waals surface area contributed by atoms with Gasteiger partial charge in [-0.15, -0.1) is 12.4 Å². The Bertz CT molecular complexity index is 863. The first kappa shape index (κ1) is 21.3. The number of aryl methyl sites for hydroxylation is 1. The van der Waals surface area contributed by atoms with E-state index < -0.39 is 5.54 Å². The molecule has 0 aromatic heterocycles. The van der Waals surface area contributed by atoms with Gasteiger partial charge in [-0.25, -0.2) is 0 Å². The number of hydrogen-bond acceptors (Lipinski definition) is 4.